The minimum atomic E-state index is -0.329. The van der Waals surface area contributed by atoms with Crippen LogP contribution in [-0.4, -0.2) is 29.4 Å². The van der Waals surface area contributed by atoms with Crippen molar-refractivity contribution in [3.63, 3.8) is 0 Å². The van der Waals surface area contributed by atoms with E-state index in [2.05, 4.69) is 19.2 Å². The van der Waals surface area contributed by atoms with Gasteiger partial charge < -0.3 is 15.2 Å². The molecule has 2 rings (SSSR count). The number of hydrogen-bond donors (Lipinski definition) is 2. The van der Waals surface area contributed by atoms with Gasteiger partial charge in [0.05, 0.1) is 6.61 Å². The zero-order valence-corrected chi connectivity index (χ0v) is 12.2. The van der Waals surface area contributed by atoms with Crippen molar-refractivity contribution < 1.29 is 14.2 Å². The van der Waals surface area contributed by atoms with E-state index in [9.17, 15) is 9.50 Å². The number of ether oxygens (including phenoxy) is 1. The first-order chi connectivity index (χ1) is 9.54. The highest BCUT2D eigenvalue weighted by atomic mass is 19.1. The molecule has 0 amide bonds. The first kappa shape index (κ1) is 15.3. The lowest BCUT2D eigenvalue weighted by Crippen LogP contribution is -2.55. The monoisotopic (exact) mass is 281 g/mol. The second-order valence-electron chi connectivity index (χ2n) is 6.00. The minimum absolute atomic E-state index is 0.0564. The highest BCUT2D eigenvalue weighted by Gasteiger charge is 2.37. The van der Waals surface area contributed by atoms with Crippen LogP contribution in [0.3, 0.4) is 0 Å². The summed E-state index contributed by atoms with van der Waals surface area (Å²) >= 11 is 0. The molecule has 2 N–H and O–H groups in total. The standard InChI is InChI=1S/C16H24FNO2/c1-12(2)18-16(11-19)9-5-6-13(10-16)20-15-8-4-3-7-14(15)17/h3-4,7-8,12-13,18-19H,5-6,9-11H2,1-2H3. The van der Waals surface area contributed by atoms with Crippen molar-refractivity contribution >= 4 is 0 Å². The third-order valence-electron chi connectivity index (χ3n) is 3.83. The van der Waals surface area contributed by atoms with E-state index >= 15 is 0 Å². The van der Waals surface area contributed by atoms with Gasteiger partial charge in [0.25, 0.3) is 0 Å². The number of nitrogens with one attached hydrogen (secondary N) is 1. The summed E-state index contributed by atoms with van der Waals surface area (Å²) in [7, 11) is 0. The van der Waals surface area contributed by atoms with Gasteiger partial charge in [-0.25, -0.2) is 4.39 Å². The fourth-order valence-electron chi connectivity index (χ4n) is 3.06. The average molecular weight is 281 g/mol. The summed E-state index contributed by atoms with van der Waals surface area (Å²) in [5.41, 5.74) is -0.303. The average Bonchev–Trinajstić information content (AvgIpc) is 2.41. The van der Waals surface area contributed by atoms with Crippen molar-refractivity contribution in [3.05, 3.63) is 30.1 Å². The van der Waals surface area contributed by atoms with Crippen LogP contribution in [0, 0.1) is 5.82 Å². The molecule has 4 heteroatoms. The van der Waals surface area contributed by atoms with Crippen LogP contribution in [0.2, 0.25) is 0 Å². The van der Waals surface area contributed by atoms with E-state index in [0.29, 0.717) is 18.2 Å². The predicted octanol–water partition coefficient (Wildman–Crippen LogP) is 2.88. The SMILES string of the molecule is CC(C)NC1(CO)CCCC(Oc2ccccc2F)C1. The van der Waals surface area contributed by atoms with Gasteiger partial charge in [0.2, 0.25) is 0 Å². The van der Waals surface area contributed by atoms with Crippen LogP contribution < -0.4 is 10.1 Å². The summed E-state index contributed by atoms with van der Waals surface area (Å²) < 4.78 is 19.4. The lowest BCUT2D eigenvalue weighted by atomic mass is 9.80. The molecule has 1 aliphatic rings. The molecule has 0 aromatic heterocycles. The van der Waals surface area contributed by atoms with Crippen molar-refractivity contribution in [2.75, 3.05) is 6.61 Å². The summed E-state index contributed by atoms with van der Waals surface area (Å²) in [5.74, 6) is -0.0275. The Labute approximate surface area is 120 Å². The molecule has 20 heavy (non-hydrogen) atoms. The topological polar surface area (TPSA) is 41.5 Å². The van der Waals surface area contributed by atoms with E-state index < -0.39 is 0 Å². The van der Waals surface area contributed by atoms with Crippen LogP contribution >= 0.6 is 0 Å². The molecule has 1 aromatic rings. The first-order valence-corrected chi connectivity index (χ1v) is 7.34. The molecule has 0 saturated heterocycles. The van der Waals surface area contributed by atoms with Gasteiger partial charge in [0.15, 0.2) is 11.6 Å². The Morgan fingerprint density at radius 2 is 2.20 bits per heavy atom. The van der Waals surface area contributed by atoms with Gasteiger partial charge in [-0.15, -0.1) is 0 Å². The summed E-state index contributed by atoms with van der Waals surface area (Å²) in [5, 5.41) is 13.2. The molecular weight excluding hydrogens is 257 g/mol. The number of para-hydroxylation sites is 1. The zero-order valence-electron chi connectivity index (χ0n) is 12.2. The van der Waals surface area contributed by atoms with E-state index in [-0.39, 0.29) is 24.1 Å². The molecule has 0 spiro atoms. The second-order valence-corrected chi connectivity index (χ2v) is 6.00. The highest BCUT2D eigenvalue weighted by Crippen LogP contribution is 2.32. The molecular formula is C16H24FNO2. The first-order valence-electron chi connectivity index (χ1n) is 7.34. The molecule has 1 fully saturated rings. The maximum atomic E-state index is 13.6. The van der Waals surface area contributed by atoms with E-state index in [1.165, 1.54) is 6.07 Å². The molecule has 1 saturated carbocycles. The third-order valence-corrected chi connectivity index (χ3v) is 3.83. The molecule has 1 aliphatic carbocycles. The Morgan fingerprint density at radius 1 is 1.45 bits per heavy atom. The fraction of sp³-hybridized carbons (Fsp3) is 0.625. The normalized spacial score (nSPS) is 26.8. The number of benzene rings is 1. The van der Waals surface area contributed by atoms with Crippen molar-refractivity contribution in [2.24, 2.45) is 0 Å². The van der Waals surface area contributed by atoms with E-state index in [1.807, 2.05) is 0 Å². The Morgan fingerprint density at radius 3 is 2.85 bits per heavy atom. The van der Waals surface area contributed by atoms with Gasteiger partial charge >= 0.3 is 0 Å². The van der Waals surface area contributed by atoms with Crippen molar-refractivity contribution in [2.45, 2.75) is 57.2 Å². The lowest BCUT2D eigenvalue weighted by Gasteiger charge is -2.41. The Hall–Kier alpha value is -1.13. The molecule has 0 bridgehead atoms. The largest absolute Gasteiger partial charge is 0.487 e. The highest BCUT2D eigenvalue weighted by molar-refractivity contribution is 5.24. The molecule has 1 aromatic carbocycles. The van der Waals surface area contributed by atoms with Gasteiger partial charge in [-0.2, -0.15) is 0 Å². The number of rotatable bonds is 5. The Bertz CT molecular complexity index is 438. The summed E-state index contributed by atoms with van der Waals surface area (Å²) in [4.78, 5) is 0. The second kappa shape index (κ2) is 6.55. The number of aliphatic hydroxyl groups excluding tert-OH is 1. The van der Waals surface area contributed by atoms with Crippen molar-refractivity contribution in [1.29, 1.82) is 0 Å². The number of aliphatic hydroxyl groups is 1. The van der Waals surface area contributed by atoms with Crippen LogP contribution in [-0.2, 0) is 0 Å². The quantitative estimate of drug-likeness (QED) is 0.872. The molecule has 2 atom stereocenters. The van der Waals surface area contributed by atoms with Crippen LogP contribution in [0.1, 0.15) is 39.5 Å². The van der Waals surface area contributed by atoms with Crippen molar-refractivity contribution in [1.82, 2.24) is 5.32 Å². The van der Waals surface area contributed by atoms with Gasteiger partial charge in [0, 0.05) is 18.0 Å². The fourth-order valence-corrected chi connectivity index (χ4v) is 3.06. The van der Waals surface area contributed by atoms with Crippen molar-refractivity contribution in [3.8, 4) is 5.75 Å². The maximum Gasteiger partial charge on any atom is 0.165 e. The Kier molecular flexibility index (Phi) is 5.00. The van der Waals surface area contributed by atoms with Crippen LogP contribution in [0.4, 0.5) is 4.39 Å². The van der Waals surface area contributed by atoms with Crippen LogP contribution in [0.15, 0.2) is 24.3 Å². The summed E-state index contributed by atoms with van der Waals surface area (Å²) in [6.07, 6.45) is 3.45. The van der Waals surface area contributed by atoms with Gasteiger partial charge in [-0.05, 0) is 31.4 Å². The maximum absolute atomic E-state index is 13.6. The molecule has 0 aliphatic heterocycles. The molecule has 0 heterocycles. The van der Waals surface area contributed by atoms with E-state index in [0.717, 1.165) is 19.3 Å². The summed E-state index contributed by atoms with van der Waals surface area (Å²) in [6.45, 7) is 4.22. The smallest absolute Gasteiger partial charge is 0.165 e. The van der Waals surface area contributed by atoms with Crippen LogP contribution in [0.25, 0.3) is 0 Å². The lowest BCUT2D eigenvalue weighted by molar-refractivity contribution is 0.0444. The van der Waals surface area contributed by atoms with Crippen LogP contribution in [0.5, 0.6) is 5.75 Å². The van der Waals surface area contributed by atoms with E-state index in [1.54, 1.807) is 18.2 Å². The molecule has 0 radical (unpaired) electrons. The zero-order chi connectivity index (χ0) is 14.6. The Balaban J connectivity index is 2.04. The third kappa shape index (κ3) is 3.70. The van der Waals surface area contributed by atoms with E-state index in [4.69, 9.17) is 4.74 Å². The van der Waals surface area contributed by atoms with Gasteiger partial charge in [0.1, 0.15) is 6.10 Å². The minimum Gasteiger partial charge on any atom is -0.487 e. The predicted molar refractivity (Wildman–Crippen MR) is 77.4 cm³/mol. The van der Waals surface area contributed by atoms with Gasteiger partial charge in [-0.3, -0.25) is 0 Å². The summed E-state index contributed by atoms with van der Waals surface area (Å²) in [6, 6.07) is 6.79. The number of halogens is 1. The molecule has 2 unspecified atom stereocenters. The molecule has 112 valence electrons. The van der Waals surface area contributed by atoms with Gasteiger partial charge in [-0.1, -0.05) is 26.0 Å². The number of hydrogen-bond acceptors (Lipinski definition) is 3. The molecule has 3 nitrogen and oxygen atoms in total.